The van der Waals surface area contributed by atoms with E-state index >= 15 is 0 Å². The number of para-hydroxylation sites is 1. The number of benzene rings is 2. The minimum atomic E-state index is -0.317. The number of nitrogens with zero attached hydrogens (tertiary/aromatic N) is 1. The number of ether oxygens (including phenoxy) is 2. The van der Waals surface area contributed by atoms with Gasteiger partial charge in [0.05, 0.1) is 12.5 Å². The van der Waals surface area contributed by atoms with Crippen molar-refractivity contribution in [3.8, 4) is 5.75 Å². The molecule has 6 nitrogen and oxygen atoms in total. The summed E-state index contributed by atoms with van der Waals surface area (Å²) in [6, 6.07) is 12.4. The van der Waals surface area contributed by atoms with Crippen LogP contribution in [0.15, 0.2) is 42.5 Å². The number of amides is 1. The normalized spacial score (nSPS) is 19.3. The van der Waals surface area contributed by atoms with Gasteiger partial charge in [-0.25, -0.2) is 4.39 Å². The number of hydrogen-bond donors (Lipinski definition) is 1. The second-order valence-electron chi connectivity index (χ2n) is 8.75. The first-order chi connectivity index (χ1) is 16.0. The Labute approximate surface area is 191 Å². The number of carbonyl (C=O) groups is 2. The number of fused-ring (bicyclic) bond motifs is 4. The standard InChI is InChI=1S/C26H27FN2O4/c1-2-32-25(30)14-29-22-9-7-18(27)12-20(22)21-13-19(8-10-23(21)29)28-26(31)17-11-16-5-3-4-6-24(16)33-15-17/h3-7,9,12,17,19H,2,8,10-11,13-15H2,1H3,(H,28,31)/t17?,19-/m0/s1. The minimum absolute atomic E-state index is 0.0144. The smallest absolute Gasteiger partial charge is 0.325 e. The third-order valence-electron chi connectivity index (χ3n) is 6.62. The van der Waals surface area contributed by atoms with Crippen molar-refractivity contribution in [3.05, 3.63) is 65.1 Å². The molecule has 0 saturated heterocycles. The van der Waals surface area contributed by atoms with Gasteiger partial charge < -0.3 is 19.4 Å². The van der Waals surface area contributed by atoms with E-state index in [9.17, 15) is 14.0 Å². The third-order valence-corrected chi connectivity index (χ3v) is 6.62. The largest absolute Gasteiger partial charge is 0.492 e. The lowest BCUT2D eigenvalue weighted by molar-refractivity contribution is -0.143. The molecule has 5 rings (SSSR count). The highest BCUT2D eigenvalue weighted by Gasteiger charge is 2.31. The van der Waals surface area contributed by atoms with E-state index in [1.54, 1.807) is 13.0 Å². The molecule has 1 aliphatic carbocycles. The second-order valence-corrected chi connectivity index (χ2v) is 8.75. The number of carbonyl (C=O) groups excluding carboxylic acids is 2. The van der Waals surface area contributed by atoms with Crippen LogP contribution in [-0.4, -0.2) is 35.7 Å². The van der Waals surface area contributed by atoms with Gasteiger partial charge in [0.15, 0.2) is 0 Å². The number of aromatic nitrogens is 1. The Bertz CT molecular complexity index is 1220. The molecule has 172 valence electrons. The summed E-state index contributed by atoms with van der Waals surface area (Å²) >= 11 is 0. The van der Waals surface area contributed by atoms with E-state index in [1.807, 2.05) is 28.8 Å². The van der Waals surface area contributed by atoms with E-state index in [0.717, 1.165) is 39.9 Å². The molecule has 1 N–H and O–H groups in total. The van der Waals surface area contributed by atoms with Crippen LogP contribution in [0.25, 0.3) is 10.9 Å². The summed E-state index contributed by atoms with van der Waals surface area (Å²) in [5.74, 6) is -0.0270. The van der Waals surface area contributed by atoms with Gasteiger partial charge in [0.1, 0.15) is 24.7 Å². The summed E-state index contributed by atoms with van der Waals surface area (Å²) in [5.41, 5.74) is 3.88. The number of hydrogen-bond acceptors (Lipinski definition) is 4. The number of esters is 1. The van der Waals surface area contributed by atoms with Gasteiger partial charge in [0, 0.05) is 22.6 Å². The Hall–Kier alpha value is -3.35. The molecule has 33 heavy (non-hydrogen) atoms. The highest BCUT2D eigenvalue weighted by molar-refractivity contribution is 5.88. The van der Waals surface area contributed by atoms with Crippen molar-refractivity contribution in [2.45, 2.75) is 45.2 Å². The van der Waals surface area contributed by atoms with Gasteiger partial charge >= 0.3 is 5.97 Å². The molecule has 0 bridgehead atoms. The number of rotatable bonds is 5. The lowest BCUT2D eigenvalue weighted by atomic mass is 9.90. The van der Waals surface area contributed by atoms with Crippen molar-refractivity contribution in [2.24, 2.45) is 5.92 Å². The summed E-state index contributed by atoms with van der Waals surface area (Å²) in [6.45, 7) is 2.56. The maximum Gasteiger partial charge on any atom is 0.325 e. The molecule has 0 spiro atoms. The molecule has 2 aliphatic rings. The average Bonchev–Trinajstić information content (AvgIpc) is 3.11. The first-order valence-corrected chi connectivity index (χ1v) is 11.5. The Morgan fingerprint density at radius 3 is 2.91 bits per heavy atom. The first kappa shape index (κ1) is 21.5. The minimum Gasteiger partial charge on any atom is -0.492 e. The van der Waals surface area contributed by atoms with Gasteiger partial charge in [-0.15, -0.1) is 0 Å². The van der Waals surface area contributed by atoms with E-state index in [1.165, 1.54) is 12.1 Å². The Morgan fingerprint density at radius 1 is 1.21 bits per heavy atom. The summed E-state index contributed by atoms with van der Waals surface area (Å²) in [5, 5.41) is 3.99. The molecule has 0 saturated carbocycles. The molecule has 0 fully saturated rings. The van der Waals surface area contributed by atoms with Crippen LogP contribution in [0.3, 0.4) is 0 Å². The van der Waals surface area contributed by atoms with Crippen LogP contribution in [0.1, 0.15) is 30.2 Å². The van der Waals surface area contributed by atoms with Crippen LogP contribution < -0.4 is 10.1 Å². The zero-order valence-corrected chi connectivity index (χ0v) is 18.6. The molecule has 7 heteroatoms. The molecule has 1 aliphatic heterocycles. The summed E-state index contributed by atoms with van der Waals surface area (Å²) in [6.07, 6.45) is 2.70. The maximum absolute atomic E-state index is 14.1. The molecule has 2 atom stereocenters. The Balaban J connectivity index is 1.35. The zero-order chi connectivity index (χ0) is 22.9. The molecular weight excluding hydrogens is 423 g/mol. The van der Waals surface area contributed by atoms with E-state index in [2.05, 4.69) is 5.32 Å². The number of nitrogens with one attached hydrogen (secondary N) is 1. The van der Waals surface area contributed by atoms with Crippen LogP contribution in [0.4, 0.5) is 4.39 Å². The van der Waals surface area contributed by atoms with Crippen LogP contribution >= 0.6 is 0 Å². The zero-order valence-electron chi connectivity index (χ0n) is 18.6. The molecular formula is C26H27FN2O4. The fourth-order valence-corrected chi connectivity index (χ4v) is 5.08. The summed E-state index contributed by atoms with van der Waals surface area (Å²) < 4.78 is 26.9. The lowest BCUT2D eigenvalue weighted by Crippen LogP contribution is -2.44. The van der Waals surface area contributed by atoms with Crippen LogP contribution in [-0.2, 0) is 40.1 Å². The fraction of sp³-hybridized carbons (Fsp3) is 0.385. The van der Waals surface area contributed by atoms with Gasteiger partial charge in [-0.2, -0.15) is 0 Å². The fourth-order valence-electron chi connectivity index (χ4n) is 5.08. The quantitative estimate of drug-likeness (QED) is 0.604. The topological polar surface area (TPSA) is 69.6 Å². The van der Waals surface area contributed by atoms with Crippen molar-refractivity contribution in [1.82, 2.24) is 9.88 Å². The molecule has 1 amide bonds. The Kier molecular flexibility index (Phi) is 5.79. The summed E-state index contributed by atoms with van der Waals surface area (Å²) in [4.78, 5) is 25.2. The highest BCUT2D eigenvalue weighted by Crippen LogP contribution is 2.33. The molecule has 3 aromatic rings. The summed E-state index contributed by atoms with van der Waals surface area (Å²) in [7, 11) is 0. The second kappa shape index (κ2) is 8.89. The van der Waals surface area contributed by atoms with Crippen molar-refractivity contribution in [3.63, 3.8) is 0 Å². The van der Waals surface area contributed by atoms with Crippen LogP contribution in [0.2, 0.25) is 0 Å². The lowest BCUT2D eigenvalue weighted by Gasteiger charge is -2.29. The molecule has 0 radical (unpaired) electrons. The highest BCUT2D eigenvalue weighted by atomic mass is 19.1. The van der Waals surface area contributed by atoms with Gasteiger partial charge in [-0.3, -0.25) is 9.59 Å². The molecule has 1 aromatic heterocycles. The first-order valence-electron chi connectivity index (χ1n) is 11.5. The monoisotopic (exact) mass is 450 g/mol. The van der Waals surface area contributed by atoms with Gasteiger partial charge in [-0.05, 0) is 68.0 Å². The SMILES string of the molecule is CCOC(=O)Cn1c2c(c3cc(F)ccc31)C[C@@H](NC(=O)C1COc3ccccc3C1)CC2. The predicted octanol–water partition coefficient (Wildman–Crippen LogP) is 3.57. The van der Waals surface area contributed by atoms with Gasteiger partial charge in [-0.1, -0.05) is 18.2 Å². The average molecular weight is 451 g/mol. The van der Waals surface area contributed by atoms with E-state index in [4.69, 9.17) is 9.47 Å². The maximum atomic E-state index is 14.1. The van der Waals surface area contributed by atoms with Crippen molar-refractivity contribution < 1.29 is 23.5 Å². The van der Waals surface area contributed by atoms with Crippen molar-refractivity contribution in [2.75, 3.05) is 13.2 Å². The van der Waals surface area contributed by atoms with Crippen LogP contribution in [0.5, 0.6) is 5.75 Å². The van der Waals surface area contributed by atoms with E-state index in [0.29, 0.717) is 32.5 Å². The van der Waals surface area contributed by atoms with E-state index in [-0.39, 0.29) is 36.2 Å². The Morgan fingerprint density at radius 2 is 2.06 bits per heavy atom. The van der Waals surface area contributed by atoms with Crippen LogP contribution in [0, 0.1) is 11.7 Å². The number of halogens is 1. The molecule has 1 unspecified atom stereocenters. The van der Waals surface area contributed by atoms with Gasteiger partial charge in [0.25, 0.3) is 0 Å². The van der Waals surface area contributed by atoms with Crippen molar-refractivity contribution in [1.29, 1.82) is 0 Å². The van der Waals surface area contributed by atoms with E-state index < -0.39 is 0 Å². The molecule has 2 aromatic carbocycles. The predicted molar refractivity (Wildman–Crippen MR) is 122 cm³/mol. The third kappa shape index (κ3) is 4.19. The van der Waals surface area contributed by atoms with Crippen molar-refractivity contribution >= 4 is 22.8 Å². The van der Waals surface area contributed by atoms with Gasteiger partial charge in [0.2, 0.25) is 5.91 Å². The molecule has 2 heterocycles.